The average Bonchev–Trinajstić information content (AvgIpc) is 2.52. The molecule has 0 aliphatic carbocycles. The van der Waals surface area contributed by atoms with Crippen molar-refractivity contribution in [2.24, 2.45) is 0 Å². The molecular formula is C18H23N3O2. The van der Waals surface area contributed by atoms with Crippen LogP contribution in [0.1, 0.15) is 16.8 Å². The maximum atomic E-state index is 12.2. The average molecular weight is 313 g/mol. The lowest BCUT2D eigenvalue weighted by Crippen LogP contribution is -2.15. The molecule has 2 aromatic rings. The van der Waals surface area contributed by atoms with Gasteiger partial charge in [-0.1, -0.05) is 18.2 Å². The van der Waals surface area contributed by atoms with Crippen molar-refractivity contribution in [3.63, 3.8) is 0 Å². The quantitative estimate of drug-likeness (QED) is 0.609. The second-order valence-electron chi connectivity index (χ2n) is 5.57. The Morgan fingerprint density at radius 3 is 2.70 bits per heavy atom. The number of nitrogens with zero attached hydrogens (tertiary/aromatic N) is 1. The standard InChI is InChI=1S/C18H23N3O2/c1-21(2)11-6-12-23-15-8-5-7-14(13-15)20-18(22)16-9-3-4-10-17(16)19/h3-5,7-10,13H,6,11-12,19H2,1-2H3,(H,20,22). The Morgan fingerprint density at radius 1 is 1.17 bits per heavy atom. The molecule has 23 heavy (non-hydrogen) atoms. The van der Waals surface area contributed by atoms with Crippen LogP contribution in [0.2, 0.25) is 0 Å². The minimum Gasteiger partial charge on any atom is -0.493 e. The molecule has 0 aliphatic heterocycles. The highest BCUT2D eigenvalue weighted by atomic mass is 16.5. The molecule has 0 atom stereocenters. The third kappa shape index (κ3) is 5.30. The molecule has 0 fully saturated rings. The summed E-state index contributed by atoms with van der Waals surface area (Å²) in [6, 6.07) is 14.4. The number of para-hydroxylation sites is 1. The summed E-state index contributed by atoms with van der Waals surface area (Å²) in [5.74, 6) is 0.510. The number of benzene rings is 2. The lowest BCUT2D eigenvalue weighted by atomic mass is 10.1. The number of carbonyl (C=O) groups excluding carboxylic acids is 1. The molecule has 122 valence electrons. The predicted molar refractivity (Wildman–Crippen MR) is 93.9 cm³/mol. The summed E-state index contributed by atoms with van der Waals surface area (Å²) < 4.78 is 5.71. The van der Waals surface area contributed by atoms with E-state index in [9.17, 15) is 4.79 Å². The van der Waals surface area contributed by atoms with Crippen molar-refractivity contribution in [2.45, 2.75) is 6.42 Å². The first-order chi connectivity index (χ1) is 11.1. The van der Waals surface area contributed by atoms with Gasteiger partial charge in [0.25, 0.3) is 5.91 Å². The van der Waals surface area contributed by atoms with Gasteiger partial charge < -0.3 is 20.7 Å². The minimum atomic E-state index is -0.229. The van der Waals surface area contributed by atoms with Gasteiger partial charge in [0.05, 0.1) is 12.2 Å². The first kappa shape index (κ1) is 16.8. The minimum absolute atomic E-state index is 0.229. The molecule has 5 nitrogen and oxygen atoms in total. The summed E-state index contributed by atoms with van der Waals surface area (Å²) in [5.41, 5.74) is 7.43. The molecule has 0 saturated carbocycles. The fourth-order valence-corrected chi connectivity index (χ4v) is 2.14. The summed E-state index contributed by atoms with van der Waals surface area (Å²) in [4.78, 5) is 14.4. The summed E-state index contributed by atoms with van der Waals surface area (Å²) in [6.45, 7) is 1.62. The van der Waals surface area contributed by atoms with Crippen LogP contribution in [0.3, 0.4) is 0 Å². The van der Waals surface area contributed by atoms with Crippen molar-refractivity contribution in [1.82, 2.24) is 4.90 Å². The molecule has 0 bridgehead atoms. The molecule has 0 spiro atoms. The van der Waals surface area contributed by atoms with Gasteiger partial charge in [0, 0.05) is 24.0 Å². The molecule has 2 rings (SSSR count). The largest absolute Gasteiger partial charge is 0.493 e. The van der Waals surface area contributed by atoms with Crippen molar-refractivity contribution in [1.29, 1.82) is 0 Å². The van der Waals surface area contributed by atoms with E-state index in [2.05, 4.69) is 10.2 Å². The summed E-state index contributed by atoms with van der Waals surface area (Å²) in [5, 5.41) is 2.84. The van der Waals surface area contributed by atoms with Crippen LogP contribution in [0.15, 0.2) is 48.5 Å². The van der Waals surface area contributed by atoms with Gasteiger partial charge in [-0.3, -0.25) is 4.79 Å². The topological polar surface area (TPSA) is 67.6 Å². The van der Waals surface area contributed by atoms with E-state index >= 15 is 0 Å². The maximum Gasteiger partial charge on any atom is 0.257 e. The molecule has 2 aromatic carbocycles. The fourth-order valence-electron chi connectivity index (χ4n) is 2.14. The van der Waals surface area contributed by atoms with Gasteiger partial charge in [0.2, 0.25) is 0 Å². The van der Waals surface area contributed by atoms with E-state index in [4.69, 9.17) is 10.5 Å². The van der Waals surface area contributed by atoms with Crippen molar-refractivity contribution >= 4 is 17.3 Å². The second kappa shape index (κ2) is 8.19. The van der Waals surface area contributed by atoms with Gasteiger partial charge >= 0.3 is 0 Å². The van der Waals surface area contributed by atoms with Crippen LogP contribution in [-0.4, -0.2) is 38.1 Å². The Hall–Kier alpha value is -2.53. The molecule has 3 N–H and O–H groups in total. The molecule has 0 unspecified atom stereocenters. The summed E-state index contributed by atoms with van der Waals surface area (Å²) >= 11 is 0. The van der Waals surface area contributed by atoms with Crippen LogP contribution in [-0.2, 0) is 0 Å². The van der Waals surface area contributed by atoms with Gasteiger partial charge in [-0.15, -0.1) is 0 Å². The first-order valence-electron chi connectivity index (χ1n) is 7.59. The van der Waals surface area contributed by atoms with E-state index < -0.39 is 0 Å². The van der Waals surface area contributed by atoms with Gasteiger partial charge in [-0.2, -0.15) is 0 Å². The number of amides is 1. The van der Waals surface area contributed by atoms with Crippen molar-refractivity contribution < 1.29 is 9.53 Å². The number of ether oxygens (including phenoxy) is 1. The van der Waals surface area contributed by atoms with E-state index in [1.54, 1.807) is 24.3 Å². The van der Waals surface area contributed by atoms with Crippen LogP contribution in [0, 0.1) is 0 Å². The highest BCUT2D eigenvalue weighted by Gasteiger charge is 2.09. The van der Waals surface area contributed by atoms with Crippen molar-refractivity contribution in [3.8, 4) is 5.75 Å². The predicted octanol–water partition coefficient (Wildman–Crippen LogP) is 2.85. The fraction of sp³-hybridized carbons (Fsp3) is 0.278. The van der Waals surface area contributed by atoms with Crippen LogP contribution >= 0.6 is 0 Å². The number of hydrogen-bond acceptors (Lipinski definition) is 4. The van der Waals surface area contributed by atoms with E-state index in [0.29, 0.717) is 23.5 Å². The third-order valence-corrected chi connectivity index (χ3v) is 3.32. The lowest BCUT2D eigenvalue weighted by Gasteiger charge is -2.12. The Balaban J connectivity index is 1.94. The highest BCUT2D eigenvalue weighted by Crippen LogP contribution is 2.19. The zero-order chi connectivity index (χ0) is 16.7. The number of nitrogens with one attached hydrogen (secondary N) is 1. The monoisotopic (exact) mass is 313 g/mol. The van der Waals surface area contributed by atoms with Crippen LogP contribution in [0.5, 0.6) is 5.75 Å². The number of anilines is 2. The second-order valence-corrected chi connectivity index (χ2v) is 5.57. The van der Waals surface area contributed by atoms with Crippen molar-refractivity contribution in [3.05, 3.63) is 54.1 Å². The van der Waals surface area contributed by atoms with Crippen LogP contribution < -0.4 is 15.8 Å². The maximum absolute atomic E-state index is 12.2. The smallest absolute Gasteiger partial charge is 0.257 e. The van der Waals surface area contributed by atoms with Gasteiger partial charge in [-0.05, 0) is 44.8 Å². The Bertz CT molecular complexity index is 656. The number of rotatable bonds is 7. The van der Waals surface area contributed by atoms with Gasteiger partial charge in [0.15, 0.2) is 0 Å². The van der Waals surface area contributed by atoms with E-state index in [1.807, 2.05) is 38.4 Å². The Kier molecular flexibility index (Phi) is 6.00. The third-order valence-electron chi connectivity index (χ3n) is 3.32. The highest BCUT2D eigenvalue weighted by molar-refractivity contribution is 6.07. The molecule has 1 amide bonds. The molecule has 0 radical (unpaired) electrons. The molecule has 5 heteroatoms. The number of nitrogens with two attached hydrogens (primary N) is 1. The van der Waals surface area contributed by atoms with E-state index in [-0.39, 0.29) is 5.91 Å². The van der Waals surface area contributed by atoms with E-state index in [0.717, 1.165) is 18.7 Å². The summed E-state index contributed by atoms with van der Waals surface area (Å²) in [7, 11) is 4.07. The van der Waals surface area contributed by atoms with Gasteiger partial charge in [0.1, 0.15) is 5.75 Å². The Morgan fingerprint density at radius 2 is 1.96 bits per heavy atom. The van der Waals surface area contributed by atoms with Crippen molar-refractivity contribution in [2.75, 3.05) is 38.3 Å². The zero-order valence-electron chi connectivity index (χ0n) is 13.6. The molecule has 0 aliphatic rings. The van der Waals surface area contributed by atoms with Gasteiger partial charge in [-0.25, -0.2) is 0 Å². The normalized spacial score (nSPS) is 10.6. The Labute approximate surface area is 137 Å². The summed E-state index contributed by atoms with van der Waals surface area (Å²) in [6.07, 6.45) is 0.949. The van der Waals surface area contributed by atoms with E-state index in [1.165, 1.54) is 0 Å². The van der Waals surface area contributed by atoms with Crippen LogP contribution in [0.25, 0.3) is 0 Å². The molecule has 0 heterocycles. The molecule has 0 saturated heterocycles. The number of hydrogen-bond donors (Lipinski definition) is 2. The molecular weight excluding hydrogens is 290 g/mol. The molecule has 0 aromatic heterocycles. The van der Waals surface area contributed by atoms with Crippen LogP contribution in [0.4, 0.5) is 11.4 Å². The number of carbonyl (C=O) groups is 1. The lowest BCUT2D eigenvalue weighted by molar-refractivity contribution is 0.102. The number of nitrogen functional groups attached to an aromatic ring is 1. The SMILES string of the molecule is CN(C)CCCOc1cccc(NC(=O)c2ccccc2N)c1. The first-order valence-corrected chi connectivity index (χ1v) is 7.59. The zero-order valence-corrected chi connectivity index (χ0v) is 13.6.